The van der Waals surface area contributed by atoms with E-state index in [-0.39, 0.29) is 18.9 Å². The second-order valence-corrected chi connectivity index (χ2v) is 5.37. The number of likely N-dealkylation sites (tertiary alicyclic amines) is 1. The largest absolute Gasteiger partial charge is 0.480 e. The molecule has 1 aliphatic rings. The molecule has 0 unspecified atom stereocenters. The third-order valence-electron chi connectivity index (χ3n) is 3.13. The molecule has 1 aliphatic heterocycles. The number of carbonyl (C=O) groups is 3. The Labute approximate surface area is 118 Å². The highest BCUT2D eigenvalue weighted by atomic mass is 16.4. The van der Waals surface area contributed by atoms with E-state index in [0.29, 0.717) is 31.8 Å². The number of nitrogens with zero attached hydrogens (tertiary/aromatic N) is 1. The van der Waals surface area contributed by atoms with Crippen LogP contribution in [0.25, 0.3) is 0 Å². The number of hydrogen-bond acceptors (Lipinski definition) is 3. The Bertz CT molecular complexity index is 371. The van der Waals surface area contributed by atoms with Gasteiger partial charge in [0.2, 0.25) is 5.91 Å². The molecule has 0 aromatic rings. The van der Waals surface area contributed by atoms with Crippen LogP contribution in [0.15, 0.2) is 0 Å². The number of aliphatic carboxylic acids is 1. The third kappa shape index (κ3) is 5.07. The summed E-state index contributed by atoms with van der Waals surface area (Å²) in [6.07, 6.45) is 1.38. The molecule has 0 radical (unpaired) electrons. The lowest BCUT2D eigenvalue weighted by Crippen LogP contribution is -2.46. The number of hydrogen-bond donors (Lipinski definition) is 3. The first-order valence-electron chi connectivity index (χ1n) is 6.95. The Hall–Kier alpha value is -1.79. The van der Waals surface area contributed by atoms with Crippen LogP contribution in [0.5, 0.6) is 0 Å². The Morgan fingerprint density at radius 3 is 2.60 bits per heavy atom. The molecule has 7 nitrogen and oxygen atoms in total. The van der Waals surface area contributed by atoms with Gasteiger partial charge in [0.15, 0.2) is 0 Å². The molecule has 0 saturated carbocycles. The maximum absolute atomic E-state index is 11.8. The van der Waals surface area contributed by atoms with Gasteiger partial charge in [-0.05, 0) is 18.8 Å². The smallest absolute Gasteiger partial charge is 0.326 e. The van der Waals surface area contributed by atoms with Crippen molar-refractivity contribution in [2.75, 3.05) is 19.6 Å². The molecule has 0 aromatic carbocycles. The first kappa shape index (κ1) is 16.3. The van der Waals surface area contributed by atoms with Gasteiger partial charge in [-0.1, -0.05) is 13.8 Å². The Kier molecular flexibility index (Phi) is 6.27. The molecule has 1 rings (SSSR count). The molecule has 1 saturated heterocycles. The second kappa shape index (κ2) is 7.72. The maximum Gasteiger partial charge on any atom is 0.326 e. The molecular formula is C13H23N3O4. The quantitative estimate of drug-likeness (QED) is 0.658. The van der Waals surface area contributed by atoms with E-state index in [1.165, 1.54) is 4.90 Å². The van der Waals surface area contributed by atoms with E-state index in [4.69, 9.17) is 5.11 Å². The molecule has 7 heteroatoms. The first-order valence-corrected chi connectivity index (χ1v) is 6.95. The summed E-state index contributed by atoms with van der Waals surface area (Å²) in [5.41, 5.74) is 0. The van der Waals surface area contributed by atoms with Gasteiger partial charge < -0.3 is 20.6 Å². The predicted octanol–water partition coefficient (Wildman–Crippen LogP) is 0.407. The highest BCUT2D eigenvalue weighted by Gasteiger charge is 2.33. The molecule has 0 spiro atoms. The van der Waals surface area contributed by atoms with Crippen LogP contribution in [0.1, 0.15) is 33.1 Å². The SMILES string of the molecule is CC(C)CNC(=O)CCNC(=O)N1CCC[C@H]1C(=O)O. The van der Waals surface area contributed by atoms with Crippen LogP contribution in [-0.2, 0) is 9.59 Å². The van der Waals surface area contributed by atoms with E-state index >= 15 is 0 Å². The summed E-state index contributed by atoms with van der Waals surface area (Å²) in [5, 5.41) is 14.3. The third-order valence-corrected chi connectivity index (χ3v) is 3.13. The Morgan fingerprint density at radius 1 is 1.30 bits per heavy atom. The maximum atomic E-state index is 11.8. The van der Waals surface area contributed by atoms with Crippen molar-refractivity contribution in [2.45, 2.75) is 39.2 Å². The molecule has 20 heavy (non-hydrogen) atoms. The van der Waals surface area contributed by atoms with Gasteiger partial charge in [0.1, 0.15) is 6.04 Å². The van der Waals surface area contributed by atoms with Crippen molar-refractivity contribution in [1.82, 2.24) is 15.5 Å². The van der Waals surface area contributed by atoms with Crippen LogP contribution in [-0.4, -0.2) is 53.6 Å². The minimum Gasteiger partial charge on any atom is -0.480 e. The number of carboxylic acid groups (broad SMARTS) is 1. The van der Waals surface area contributed by atoms with E-state index < -0.39 is 18.0 Å². The summed E-state index contributed by atoms with van der Waals surface area (Å²) in [6.45, 7) is 5.27. The van der Waals surface area contributed by atoms with Crippen molar-refractivity contribution in [3.05, 3.63) is 0 Å². The van der Waals surface area contributed by atoms with Gasteiger partial charge in [0, 0.05) is 26.1 Å². The molecule has 3 N–H and O–H groups in total. The number of urea groups is 1. The van der Waals surface area contributed by atoms with Crippen molar-refractivity contribution < 1.29 is 19.5 Å². The average Bonchev–Trinajstić information content (AvgIpc) is 2.85. The van der Waals surface area contributed by atoms with Crippen LogP contribution in [0.4, 0.5) is 4.79 Å². The molecule has 1 heterocycles. The minimum atomic E-state index is -0.979. The summed E-state index contributed by atoms with van der Waals surface area (Å²) >= 11 is 0. The summed E-state index contributed by atoms with van der Waals surface area (Å²) in [7, 11) is 0. The zero-order valence-electron chi connectivity index (χ0n) is 12.0. The van der Waals surface area contributed by atoms with E-state index in [1.54, 1.807) is 0 Å². The van der Waals surface area contributed by atoms with Gasteiger partial charge in [-0.2, -0.15) is 0 Å². The standard InChI is InChI=1S/C13H23N3O4/c1-9(2)8-15-11(17)5-6-14-13(20)16-7-3-4-10(16)12(18)19/h9-10H,3-8H2,1-2H3,(H,14,20)(H,15,17)(H,18,19)/t10-/m0/s1. The molecule has 0 bridgehead atoms. The van der Waals surface area contributed by atoms with Crippen LogP contribution < -0.4 is 10.6 Å². The number of carboxylic acids is 1. The molecule has 3 amide bonds. The van der Waals surface area contributed by atoms with Gasteiger partial charge in [-0.15, -0.1) is 0 Å². The molecule has 1 atom stereocenters. The lowest BCUT2D eigenvalue weighted by atomic mass is 10.2. The van der Waals surface area contributed by atoms with Crippen molar-refractivity contribution in [2.24, 2.45) is 5.92 Å². The van der Waals surface area contributed by atoms with Gasteiger partial charge in [-0.3, -0.25) is 4.79 Å². The topological polar surface area (TPSA) is 98.7 Å². The minimum absolute atomic E-state index is 0.116. The van der Waals surface area contributed by atoms with Gasteiger partial charge >= 0.3 is 12.0 Å². The monoisotopic (exact) mass is 285 g/mol. The fraction of sp³-hybridized carbons (Fsp3) is 0.769. The van der Waals surface area contributed by atoms with Crippen molar-refractivity contribution in [3.8, 4) is 0 Å². The van der Waals surface area contributed by atoms with Gasteiger partial charge in [0.25, 0.3) is 0 Å². The summed E-state index contributed by atoms with van der Waals surface area (Å²) in [5.74, 6) is -0.711. The van der Waals surface area contributed by atoms with E-state index in [2.05, 4.69) is 10.6 Å². The van der Waals surface area contributed by atoms with E-state index in [9.17, 15) is 14.4 Å². The van der Waals surface area contributed by atoms with Crippen molar-refractivity contribution in [3.63, 3.8) is 0 Å². The normalized spacial score (nSPS) is 18.1. The fourth-order valence-corrected chi connectivity index (χ4v) is 2.06. The Morgan fingerprint density at radius 2 is 2.00 bits per heavy atom. The number of carbonyl (C=O) groups excluding carboxylic acids is 2. The second-order valence-electron chi connectivity index (χ2n) is 5.37. The summed E-state index contributed by atoms with van der Waals surface area (Å²) in [4.78, 5) is 35.6. The van der Waals surface area contributed by atoms with Crippen LogP contribution in [0.3, 0.4) is 0 Å². The molecule has 0 aromatic heterocycles. The Balaban J connectivity index is 2.26. The lowest BCUT2D eigenvalue weighted by Gasteiger charge is -2.21. The molecule has 0 aliphatic carbocycles. The van der Waals surface area contributed by atoms with Crippen LogP contribution in [0, 0.1) is 5.92 Å². The van der Waals surface area contributed by atoms with Crippen molar-refractivity contribution >= 4 is 17.9 Å². The molecular weight excluding hydrogens is 262 g/mol. The number of nitrogens with one attached hydrogen (secondary N) is 2. The van der Waals surface area contributed by atoms with E-state index in [1.807, 2.05) is 13.8 Å². The molecule has 114 valence electrons. The highest BCUT2D eigenvalue weighted by Crippen LogP contribution is 2.17. The van der Waals surface area contributed by atoms with Crippen LogP contribution >= 0.6 is 0 Å². The average molecular weight is 285 g/mol. The lowest BCUT2D eigenvalue weighted by molar-refractivity contribution is -0.141. The van der Waals surface area contributed by atoms with Crippen molar-refractivity contribution in [1.29, 1.82) is 0 Å². The summed E-state index contributed by atoms with van der Waals surface area (Å²) in [6, 6.07) is -1.16. The number of amides is 3. The fourth-order valence-electron chi connectivity index (χ4n) is 2.06. The highest BCUT2D eigenvalue weighted by molar-refractivity contribution is 5.83. The van der Waals surface area contributed by atoms with Gasteiger partial charge in [0.05, 0.1) is 0 Å². The summed E-state index contributed by atoms with van der Waals surface area (Å²) < 4.78 is 0. The van der Waals surface area contributed by atoms with Gasteiger partial charge in [-0.25, -0.2) is 9.59 Å². The first-order chi connectivity index (χ1) is 9.41. The predicted molar refractivity (Wildman–Crippen MR) is 73.2 cm³/mol. The zero-order chi connectivity index (χ0) is 15.1. The zero-order valence-corrected chi connectivity index (χ0v) is 12.0. The number of rotatable bonds is 6. The van der Waals surface area contributed by atoms with E-state index in [0.717, 1.165) is 0 Å². The molecule has 1 fully saturated rings. The van der Waals surface area contributed by atoms with Crippen LogP contribution in [0.2, 0.25) is 0 Å².